The van der Waals surface area contributed by atoms with E-state index in [1.165, 1.54) is 16.7 Å². The lowest BCUT2D eigenvalue weighted by Crippen LogP contribution is -2.60. The Hall–Kier alpha value is -2.41. The number of amides is 3. The van der Waals surface area contributed by atoms with Gasteiger partial charge in [0.05, 0.1) is 12.1 Å². The van der Waals surface area contributed by atoms with Gasteiger partial charge in [0, 0.05) is 31.1 Å². The highest BCUT2D eigenvalue weighted by molar-refractivity contribution is 7.99. The molecule has 2 aliphatic rings. The molecule has 2 fully saturated rings. The van der Waals surface area contributed by atoms with Gasteiger partial charge in [0.1, 0.15) is 0 Å². The molecule has 3 amide bonds. The number of imide groups is 1. The Morgan fingerprint density at radius 1 is 1.15 bits per heavy atom. The number of likely N-dealkylation sites (tertiary alicyclic amines) is 2. The molecule has 2 aromatic rings. The van der Waals surface area contributed by atoms with E-state index >= 15 is 0 Å². The van der Waals surface area contributed by atoms with Crippen molar-refractivity contribution < 1.29 is 9.59 Å². The van der Waals surface area contributed by atoms with Crippen LogP contribution < -0.4 is 0 Å². The number of thioether (sulfide) groups is 1. The maximum Gasteiger partial charge on any atom is 0.327 e. The van der Waals surface area contributed by atoms with Crippen LogP contribution in [0.4, 0.5) is 4.79 Å². The molecule has 3 heterocycles. The lowest BCUT2D eigenvalue weighted by atomic mass is 10.0. The van der Waals surface area contributed by atoms with Crippen LogP contribution in [0.1, 0.15) is 30.9 Å². The maximum atomic E-state index is 13.0. The molecule has 134 valence electrons. The average Bonchev–Trinajstić information content (AvgIpc) is 3.16. The molecule has 0 aliphatic carbocycles. The molecule has 1 aromatic heterocycles. The summed E-state index contributed by atoms with van der Waals surface area (Å²) in [5, 5.41) is 0.669. The fourth-order valence-electron chi connectivity index (χ4n) is 3.57. The van der Waals surface area contributed by atoms with Crippen LogP contribution in [0, 0.1) is 0 Å². The smallest absolute Gasteiger partial charge is 0.317 e. The second-order valence-corrected chi connectivity index (χ2v) is 7.50. The largest absolute Gasteiger partial charge is 0.327 e. The van der Waals surface area contributed by atoms with Gasteiger partial charge in [0.15, 0.2) is 5.16 Å². The van der Waals surface area contributed by atoms with Gasteiger partial charge in [-0.15, -0.1) is 0 Å². The fraction of sp³-hybridized carbons (Fsp3) is 0.368. The molecule has 0 unspecified atom stereocenters. The molecule has 0 saturated carbocycles. The third-order valence-corrected chi connectivity index (χ3v) is 5.90. The fourth-order valence-corrected chi connectivity index (χ4v) is 4.44. The highest BCUT2D eigenvalue weighted by Gasteiger charge is 2.45. The predicted octanol–water partition coefficient (Wildman–Crippen LogP) is 3.13. The summed E-state index contributed by atoms with van der Waals surface area (Å²) in [5.74, 6) is 0.541. The number of aromatic nitrogens is 2. The molecule has 0 radical (unpaired) electrons. The zero-order chi connectivity index (χ0) is 17.9. The number of urea groups is 1. The van der Waals surface area contributed by atoms with Crippen molar-refractivity contribution in [2.45, 2.75) is 36.5 Å². The molecular formula is C19H20N4O2S. The summed E-state index contributed by atoms with van der Waals surface area (Å²) >= 11 is 1.48. The van der Waals surface area contributed by atoms with Gasteiger partial charge in [-0.2, -0.15) is 0 Å². The van der Waals surface area contributed by atoms with Crippen molar-refractivity contribution in [2.24, 2.45) is 0 Å². The summed E-state index contributed by atoms with van der Waals surface area (Å²) in [4.78, 5) is 36.8. The Labute approximate surface area is 156 Å². The number of β-lactam (4-membered cyclic amide) rings is 1. The van der Waals surface area contributed by atoms with Gasteiger partial charge in [-0.05, 0) is 24.5 Å². The lowest BCUT2D eigenvalue weighted by Gasteiger charge is -2.41. The van der Waals surface area contributed by atoms with Crippen LogP contribution in [0.3, 0.4) is 0 Å². The van der Waals surface area contributed by atoms with Crippen molar-refractivity contribution in [1.29, 1.82) is 0 Å². The van der Waals surface area contributed by atoms with Gasteiger partial charge in [-0.25, -0.2) is 14.8 Å². The minimum atomic E-state index is -0.160. The van der Waals surface area contributed by atoms with E-state index in [9.17, 15) is 9.59 Å². The van der Waals surface area contributed by atoms with Gasteiger partial charge in [-0.3, -0.25) is 9.69 Å². The summed E-state index contributed by atoms with van der Waals surface area (Å²) in [7, 11) is 0. The standard InChI is InChI=1S/C19H20N4O2S/c24-17-12-15(13-26-18-20-9-5-10-21-18)23(17)19(25)22-11-4-8-16(22)14-6-2-1-3-7-14/h1-3,5-7,9-10,15-16H,4,8,11-13H2/t15-,16+/m1/s1. The first-order valence-electron chi connectivity index (χ1n) is 8.81. The van der Waals surface area contributed by atoms with E-state index in [2.05, 4.69) is 9.97 Å². The van der Waals surface area contributed by atoms with E-state index in [1.807, 2.05) is 35.2 Å². The number of carbonyl (C=O) groups is 2. The van der Waals surface area contributed by atoms with Gasteiger partial charge < -0.3 is 4.90 Å². The molecule has 26 heavy (non-hydrogen) atoms. The van der Waals surface area contributed by atoms with Crippen LogP contribution in [0.15, 0.2) is 53.9 Å². The Morgan fingerprint density at radius 2 is 1.92 bits per heavy atom. The summed E-state index contributed by atoms with van der Waals surface area (Å²) in [6.45, 7) is 0.698. The van der Waals surface area contributed by atoms with E-state index < -0.39 is 0 Å². The SMILES string of the molecule is O=C1C[C@H](CSc2ncccn2)N1C(=O)N1CCC[C@H]1c1ccccc1. The first kappa shape index (κ1) is 17.0. The third kappa shape index (κ3) is 3.31. The summed E-state index contributed by atoms with van der Waals surface area (Å²) in [6.07, 6.45) is 5.70. The van der Waals surface area contributed by atoms with E-state index in [-0.39, 0.29) is 24.0 Å². The molecular weight excluding hydrogens is 348 g/mol. The second kappa shape index (κ2) is 7.45. The van der Waals surface area contributed by atoms with Crippen molar-refractivity contribution in [1.82, 2.24) is 19.8 Å². The summed E-state index contributed by atoms with van der Waals surface area (Å²) in [6, 6.07) is 11.6. The number of rotatable bonds is 4. The topological polar surface area (TPSA) is 66.4 Å². The molecule has 2 aliphatic heterocycles. The molecule has 0 spiro atoms. The first-order valence-corrected chi connectivity index (χ1v) is 9.80. The number of hydrogen-bond acceptors (Lipinski definition) is 5. The molecule has 7 heteroatoms. The second-order valence-electron chi connectivity index (χ2n) is 6.51. The van der Waals surface area contributed by atoms with Crippen LogP contribution >= 0.6 is 11.8 Å². The molecule has 1 aromatic carbocycles. The molecule has 0 bridgehead atoms. The minimum absolute atomic E-state index is 0.0582. The maximum absolute atomic E-state index is 13.0. The highest BCUT2D eigenvalue weighted by atomic mass is 32.2. The Balaban J connectivity index is 1.43. The van der Waals surface area contributed by atoms with Crippen LogP contribution in [0.25, 0.3) is 0 Å². The van der Waals surface area contributed by atoms with Gasteiger partial charge >= 0.3 is 6.03 Å². The quantitative estimate of drug-likeness (QED) is 0.471. The van der Waals surface area contributed by atoms with E-state index in [4.69, 9.17) is 0 Å². The van der Waals surface area contributed by atoms with Gasteiger partial charge in [0.25, 0.3) is 0 Å². The Kier molecular flexibility index (Phi) is 4.88. The highest BCUT2D eigenvalue weighted by Crippen LogP contribution is 2.35. The van der Waals surface area contributed by atoms with Crippen LogP contribution in [-0.2, 0) is 4.79 Å². The molecule has 2 atom stereocenters. The molecule has 0 N–H and O–H groups in total. The molecule has 6 nitrogen and oxygen atoms in total. The van der Waals surface area contributed by atoms with Crippen molar-refractivity contribution >= 4 is 23.7 Å². The lowest BCUT2D eigenvalue weighted by molar-refractivity contribution is -0.140. The van der Waals surface area contributed by atoms with Crippen LogP contribution in [0.5, 0.6) is 0 Å². The summed E-state index contributed by atoms with van der Waals surface area (Å²) in [5.41, 5.74) is 1.13. The summed E-state index contributed by atoms with van der Waals surface area (Å²) < 4.78 is 0. The van der Waals surface area contributed by atoms with Crippen molar-refractivity contribution in [2.75, 3.05) is 12.3 Å². The normalized spacial score (nSPS) is 22.4. The zero-order valence-electron chi connectivity index (χ0n) is 14.3. The number of hydrogen-bond donors (Lipinski definition) is 0. The van der Waals surface area contributed by atoms with E-state index in [1.54, 1.807) is 18.5 Å². The van der Waals surface area contributed by atoms with Crippen molar-refractivity contribution in [3.63, 3.8) is 0 Å². The number of benzene rings is 1. The van der Waals surface area contributed by atoms with E-state index in [0.29, 0.717) is 23.9 Å². The third-order valence-electron chi connectivity index (χ3n) is 4.88. The van der Waals surface area contributed by atoms with E-state index in [0.717, 1.165) is 18.4 Å². The Morgan fingerprint density at radius 3 is 2.65 bits per heavy atom. The molecule has 4 rings (SSSR count). The average molecular weight is 368 g/mol. The van der Waals surface area contributed by atoms with Gasteiger partial charge in [0.2, 0.25) is 5.91 Å². The first-order chi connectivity index (χ1) is 12.7. The van der Waals surface area contributed by atoms with Gasteiger partial charge in [-0.1, -0.05) is 42.1 Å². The van der Waals surface area contributed by atoms with Crippen LogP contribution in [0.2, 0.25) is 0 Å². The zero-order valence-corrected chi connectivity index (χ0v) is 15.1. The number of nitrogens with zero attached hydrogens (tertiary/aromatic N) is 4. The molecule has 2 saturated heterocycles. The monoisotopic (exact) mass is 368 g/mol. The van der Waals surface area contributed by atoms with Crippen molar-refractivity contribution in [3.05, 3.63) is 54.4 Å². The van der Waals surface area contributed by atoms with Crippen LogP contribution in [-0.4, -0.2) is 50.0 Å². The number of carbonyl (C=O) groups excluding carboxylic acids is 2. The minimum Gasteiger partial charge on any atom is -0.317 e. The Bertz CT molecular complexity index is 787. The van der Waals surface area contributed by atoms with Crippen molar-refractivity contribution in [3.8, 4) is 0 Å². The predicted molar refractivity (Wildman–Crippen MR) is 98.5 cm³/mol.